The second-order valence-electron chi connectivity index (χ2n) is 5.00. The lowest BCUT2D eigenvalue weighted by Gasteiger charge is -2.14. The van der Waals surface area contributed by atoms with E-state index in [1.54, 1.807) is 48.5 Å². The van der Waals surface area contributed by atoms with Crippen LogP contribution < -0.4 is 5.73 Å². The normalized spacial score (nSPS) is 12.9. The lowest BCUT2D eigenvalue weighted by molar-refractivity contribution is 0.0972. The zero-order valence-electron chi connectivity index (χ0n) is 11.4. The predicted octanol–water partition coefficient (Wildman–Crippen LogP) is 1.62. The van der Waals surface area contributed by atoms with Gasteiger partial charge in [-0.2, -0.15) is 0 Å². The number of nitrogens with zero attached hydrogens (tertiary/aromatic N) is 3. The van der Waals surface area contributed by atoms with E-state index in [4.69, 9.17) is 5.73 Å². The summed E-state index contributed by atoms with van der Waals surface area (Å²) in [5.41, 5.74) is 7.88. The third-order valence-corrected chi connectivity index (χ3v) is 3.63. The Kier molecular flexibility index (Phi) is 2.47. The van der Waals surface area contributed by atoms with E-state index in [1.165, 1.54) is 4.68 Å². The predicted molar refractivity (Wildman–Crippen MR) is 79.1 cm³/mol. The van der Waals surface area contributed by atoms with Crippen LogP contribution in [0.25, 0.3) is 5.69 Å². The second-order valence-corrected chi connectivity index (χ2v) is 5.00. The second kappa shape index (κ2) is 4.36. The van der Waals surface area contributed by atoms with Gasteiger partial charge in [0, 0.05) is 16.8 Å². The van der Waals surface area contributed by atoms with Crippen molar-refractivity contribution >= 4 is 17.3 Å². The molecule has 4 rings (SSSR count). The fourth-order valence-corrected chi connectivity index (χ4v) is 2.61. The number of nitrogens with two attached hydrogens (primary N) is 1. The minimum atomic E-state index is -0.291. The van der Waals surface area contributed by atoms with E-state index in [0.29, 0.717) is 22.5 Å². The Morgan fingerprint density at radius 3 is 2.36 bits per heavy atom. The first-order valence-electron chi connectivity index (χ1n) is 6.67. The lowest BCUT2D eigenvalue weighted by atomic mass is 9.90. The van der Waals surface area contributed by atoms with Gasteiger partial charge in [0.05, 0.1) is 5.69 Å². The van der Waals surface area contributed by atoms with Crippen molar-refractivity contribution < 1.29 is 9.59 Å². The van der Waals surface area contributed by atoms with Crippen LogP contribution in [0.3, 0.4) is 0 Å². The van der Waals surface area contributed by atoms with Crippen molar-refractivity contribution in [2.24, 2.45) is 0 Å². The Hall–Kier alpha value is -3.28. The molecule has 1 heterocycles. The lowest BCUT2D eigenvalue weighted by Crippen LogP contribution is -2.23. The summed E-state index contributed by atoms with van der Waals surface area (Å²) < 4.78 is 1.36. The van der Waals surface area contributed by atoms with E-state index in [1.807, 2.05) is 0 Å². The molecule has 0 fully saturated rings. The number of carbonyl (C=O) groups is 2. The minimum Gasteiger partial charge on any atom is -0.399 e. The smallest absolute Gasteiger partial charge is 0.216 e. The number of benzene rings is 2. The molecule has 6 heteroatoms. The van der Waals surface area contributed by atoms with E-state index in [2.05, 4.69) is 10.3 Å². The quantitative estimate of drug-likeness (QED) is 0.538. The Balaban J connectivity index is 1.97. The topological polar surface area (TPSA) is 90.9 Å². The number of ketones is 2. The number of aromatic nitrogens is 3. The van der Waals surface area contributed by atoms with Gasteiger partial charge in [-0.1, -0.05) is 35.5 Å². The summed E-state index contributed by atoms with van der Waals surface area (Å²) >= 11 is 0. The van der Waals surface area contributed by atoms with E-state index in [-0.39, 0.29) is 23.0 Å². The zero-order valence-corrected chi connectivity index (χ0v) is 11.4. The van der Waals surface area contributed by atoms with Gasteiger partial charge in [0.25, 0.3) is 0 Å². The third-order valence-electron chi connectivity index (χ3n) is 3.63. The van der Waals surface area contributed by atoms with E-state index < -0.39 is 0 Å². The molecule has 3 aromatic rings. The monoisotopic (exact) mass is 290 g/mol. The van der Waals surface area contributed by atoms with Crippen LogP contribution in [0.2, 0.25) is 0 Å². The summed E-state index contributed by atoms with van der Waals surface area (Å²) in [7, 11) is 0. The Morgan fingerprint density at radius 1 is 0.909 bits per heavy atom. The average molecular weight is 290 g/mol. The van der Waals surface area contributed by atoms with Crippen molar-refractivity contribution in [3.05, 3.63) is 71.0 Å². The highest BCUT2D eigenvalue weighted by Gasteiger charge is 2.35. The Labute approximate surface area is 125 Å². The standard InChI is InChI=1S/C16H10N4O2/c17-9-4-3-5-10(8-9)20-14-13(18-19-20)15(21)11-6-1-2-7-12(11)16(14)22/h1-8H,17H2. The Bertz CT molecular complexity index is 943. The highest BCUT2D eigenvalue weighted by atomic mass is 16.1. The zero-order chi connectivity index (χ0) is 15.3. The van der Waals surface area contributed by atoms with E-state index in [0.717, 1.165) is 0 Å². The summed E-state index contributed by atoms with van der Waals surface area (Å²) in [5.74, 6) is -0.557. The molecule has 2 aromatic carbocycles. The van der Waals surface area contributed by atoms with Crippen LogP contribution in [0.5, 0.6) is 0 Å². The van der Waals surface area contributed by atoms with Crippen molar-refractivity contribution in [3.8, 4) is 5.69 Å². The summed E-state index contributed by atoms with van der Waals surface area (Å²) in [6.07, 6.45) is 0. The molecular weight excluding hydrogens is 280 g/mol. The van der Waals surface area contributed by atoms with Gasteiger partial charge in [0.2, 0.25) is 11.6 Å². The molecule has 0 spiro atoms. The van der Waals surface area contributed by atoms with Crippen molar-refractivity contribution in [2.75, 3.05) is 5.73 Å². The maximum Gasteiger partial charge on any atom is 0.216 e. The molecule has 0 radical (unpaired) electrons. The molecule has 22 heavy (non-hydrogen) atoms. The molecule has 0 amide bonds. The first-order valence-corrected chi connectivity index (χ1v) is 6.67. The van der Waals surface area contributed by atoms with Gasteiger partial charge in [0.15, 0.2) is 5.69 Å². The van der Waals surface area contributed by atoms with Gasteiger partial charge in [0.1, 0.15) is 5.69 Å². The van der Waals surface area contributed by atoms with Crippen molar-refractivity contribution in [1.29, 1.82) is 0 Å². The van der Waals surface area contributed by atoms with Crippen molar-refractivity contribution in [3.63, 3.8) is 0 Å². The van der Waals surface area contributed by atoms with Crippen LogP contribution >= 0.6 is 0 Å². The van der Waals surface area contributed by atoms with Crippen LogP contribution in [0.1, 0.15) is 32.1 Å². The van der Waals surface area contributed by atoms with Gasteiger partial charge in [-0.3, -0.25) is 9.59 Å². The van der Waals surface area contributed by atoms with E-state index in [9.17, 15) is 9.59 Å². The van der Waals surface area contributed by atoms with Crippen molar-refractivity contribution in [2.45, 2.75) is 0 Å². The molecular formula is C16H10N4O2. The number of anilines is 1. The van der Waals surface area contributed by atoms with Crippen LogP contribution in [-0.4, -0.2) is 26.6 Å². The maximum atomic E-state index is 12.7. The third kappa shape index (κ3) is 1.61. The average Bonchev–Trinajstić information content (AvgIpc) is 2.98. The molecule has 0 unspecified atom stereocenters. The highest BCUT2D eigenvalue weighted by Crippen LogP contribution is 2.27. The molecule has 106 valence electrons. The number of fused-ring (bicyclic) bond motifs is 2. The van der Waals surface area contributed by atoms with Gasteiger partial charge >= 0.3 is 0 Å². The van der Waals surface area contributed by atoms with Gasteiger partial charge in [-0.25, -0.2) is 4.68 Å². The summed E-state index contributed by atoms with van der Waals surface area (Å²) in [5, 5.41) is 7.86. The summed E-state index contributed by atoms with van der Waals surface area (Å²) in [6.45, 7) is 0. The van der Waals surface area contributed by atoms with Crippen LogP contribution in [0, 0.1) is 0 Å². The summed E-state index contributed by atoms with van der Waals surface area (Å²) in [6, 6.07) is 13.6. The number of hydrogen-bond acceptors (Lipinski definition) is 5. The number of nitrogen functional groups attached to an aromatic ring is 1. The highest BCUT2D eigenvalue weighted by molar-refractivity contribution is 6.27. The van der Waals surface area contributed by atoms with Crippen LogP contribution in [-0.2, 0) is 0 Å². The maximum absolute atomic E-state index is 12.7. The number of carbonyl (C=O) groups excluding carboxylic acids is 2. The molecule has 0 bridgehead atoms. The molecule has 1 aliphatic carbocycles. The Morgan fingerprint density at radius 2 is 1.64 bits per heavy atom. The van der Waals surface area contributed by atoms with Crippen LogP contribution in [0.4, 0.5) is 5.69 Å². The van der Waals surface area contributed by atoms with Crippen LogP contribution in [0.15, 0.2) is 48.5 Å². The summed E-state index contributed by atoms with van der Waals surface area (Å²) in [4.78, 5) is 25.2. The molecule has 0 aliphatic heterocycles. The number of hydrogen-bond donors (Lipinski definition) is 1. The molecule has 1 aliphatic rings. The largest absolute Gasteiger partial charge is 0.399 e. The molecule has 0 saturated heterocycles. The number of rotatable bonds is 1. The molecule has 1 aromatic heterocycles. The molecule has 0 atom stereocenters. The first-order chi connectivity index (χ1) is 10.7. The van der Waals surface area contributed by atoms with E-state index >= 15 is 0 Å². The van der Waals surface area contributed by atoms with Gasteiger partial charge in [-0.05, 0) is 18.2 Å². The first kappa shape index (κ1) is 12.5. The fraction of sp³-hybridized carbons (Fsp3) is 0. The SMILES string of the molecule is Nc1cccc(-n2nnc3c2C(=O)c2ccccc2C3=O)c1. The van der Waals surface area contributed by atoms with Gasteiger partial charge < -0.3 is 5.73 Å². The van der Waals surface area contributed by atoms with Gasteiger partial charge in [-0.15, -0.1) is 5.10 Å². The fourth-order valence-electron chi connectivity index (χ4n) is 2.61. The molecule has 0 saturated carbocycles. The van der Waals surface area contributed by atoms with Crippen molar-refractivity contribution in [1.82, 2.24) is 15.0 Å². The minimum absolute atomic E-state index is 0.0751. The molecule has 6 nitrogen and oxygen atoms in total. The molecule has 2 N–H and O–H groups in total.